The average Bonchev–Trinajstić information content (AvgIpc) is 2.23. The summed E-state index contributed by atoms with van der Waals surface area (Å²) in [6.45, 7) is 19.3. The standard InChI is InChI=1S/C14H32P2Se2/c1-11(2)15(17,12(3)4)9-10-16(18,13(5)6)14(7)8/h11-14H,9-10H2,1-8H3. The predicted octanol–water partition coefficient (Wildman–Crippen LogP) is 4.82. The minimum atomic E-state index is -0.906. The summed E-state index contributed by atoms with van der Waals surface area (Å²) in [7, 11) is 0. The first-order valence-corrected chi connectivity index (χ1v) is 15.8. The Morgan fingerprint density at radius 3 is 0.833 bits per heavy atom. The van der Waals surface area contributed by atoms with Crippen LogP contribution in [-0.2, 0) is 0 Å². The average molecular weight is 420 g/mol. The van der Waals surface area contributed by atoms with E-state index in [0.717, 1.165) is 22.6 Å². The molecule has 18 heavy (non-hydrogen) atoms. The molecule has 0 aromatic carbocycles. The van der Waals surface area contributed by atoms with Crippen LogP contribution >= 0.6 is 11.0 Å². The van der Waals surface area contributed by atoms with Gasteiger partial charge in [-0.25, -0.2) is 0 Å². The van der Waals surface area contributed by atoms with E-state index in [4.69, 9.17) is 0 Å². The molecule has 0 saturated carbocycles. The Labute approximate surface area is 131 Å². The number of hydrogen-bond acceptors (Lipinski definition) is 0. The molecule has 0 aromatic rings. The molecule has 0 aromatic heterocycles. The van der Waals surface area contributed by atoms with Crippen LogP contribution in [0.4, 0.5) is 0 Å². The molecule has 0 heterocycles. The molecular formula is C14H32P2Se2. The van der Waals surface area contributed by atoms with Gasteiger partial charge in [0.05, 0.1) is 0 Å². The van der Waals surface area contributed by atoms with Gasteiger partial charge in [-0.15, -0.1) is 0 Å². The first-order valence-electron chi connectivity index (χ1n) is 7.15. The normalized spacial score (nSPS) is 14.2. The van der Waals surface area contributed by atoms with Crippen molar-refractivity contribution in [1.82, 2.24) is 0 Å². The van der Waals surface area contributed by atoms with Crippen molar-refractivity contribution in [2.45, 2.75) is 78.0 Å². The van der Waals surface area contributed by atoms with Gasteiger partial charge < -0.3 is 0 Å². The van der Waals surface area contributed by atoms with Gasteiger partial charge in [-0.05, 0) is 0 Å². The fourth-order valence-electron chi connectivity index (χ4n) is 2.54. The molecule has 0 spiro atoms. The van der Waals surface area contributed by atoms with Crippen LogP contribution in [0.3, 0.4) is 0 Å². The van der Waals surface area contributed by atoms with Crippen molar-refractivity contribution in [2.24, 2.45) is 0 Å². The van der Waals surface area contributed by atoms with Gasteiger partial charge in [0.25, 0.3) is 0 Å². The maximum atomic E-state index is 3.65. The van der Waals surface area contributed by atoms with Crippen LogP contribution in [0.1, 0.15) is 55.4 Å². The Morgan fingerprint density at radius 1 is 0.556 bits per heavy atom. The van der Waals surface area contributed by atoms with Crippen molar-refractivity contribution >= 4 is 41.2 Å². The van der Waals surface area contributed by atoms with E-state index in [1.807, 2.05) is 0 Å². The summed E-state index contributed by atoms with van der Waals surface area (Å²) in [5, 5.41) is 0. The van der Waals surface area contributed by atoms with Crippen molar-refractivity contribution in [3.63, 3.8) is 0 Å². The fourth-order valence-corrected chi connectivity index (χ4v) is 12.6. The van der Waals surface area contributed by atoms with E-state index >= 15 is 0 Å². The molecule has 0 saturated heterocycles. The van der Waals surface area contributed by atoms with Crippen molar-refractivity contribution in [3.8, 4) is 0 Å². The van der Waals surface area contributed by atoms with E-state index in [2.05, 4.69) is 85.6 Å². The van der Waals surface area contributed by atoms with Crippen LogP contribution in [0.5, 0.6) is 0 Å². The molecule has 0 aliphatic carbocycles. The molecule has 0 fully saturated rings. The van der Waals surface area contributed by atoms with E-state index in [1.54, 1.807) is 0 Å². The van der Waals surface area contributed by atoms with Crippen molar-refractivity contribution in [3.05, 3.63) is 0 Å². The predicted molar refractivity (Wildman–Crippen MR) is 95.6 cm³/mol. The van der Waals surface area contributed by atoms with Gasteiger partial charge in [-0.3, -0.25) is 0 Å². The molecule has 0 bridgehead atoms. The van der Waals surface area contributed by atoms with Gasteiger partial charge in [-0.2, -0.15) is 0 Å². The summed E-state index contributed by atoms with van der Waals surface area (Å²) in [6.07, 6.45) is 2.86. The third-order valence-electron chi connectivity index (χ3n) is 4.30. The van der Waals surface area contributed by atoms with E-state index in [1.165, 1.54) is 12.3 Å². The van der Waals surface area contributed by atoms with Crippen LogP contribution < -0.4 is 0 Å². The van der Waals surface area contributed by atoms with Gasteiger partial charge in [0.15, 0.2) is 0 Å². The van der Waals surface area contributed by atoms with Crippen LogP contribution in [0.25, 0.3) is 0 Å². The van der Waals surface area contributed by atoms with Crippen LogP contribution in [0.2, 0.25) is 0 Å². The SMILES string of the molecule is CC(C)P(=[Se])(CCP(=[Se])(C(C)C)C(C)C)C(C)C. The van der Waals surface area contributed by atoms with Gasteiger partial charge in [0, 0.05) is 0 Å². The molecule has 0 amide bonds. The Hall–Kier alpha value is 1.90. The molecule has 0 nitrogen and oxygen atoms in total. The zero-order chi connectivity index (χ0) is 14.7. The van der Waals surface area contributed by atoms with Gasteiger partial charge >= 0.3 is 132 Å². The Morgan fingerprint density at radius 2 is 0.722 bits per heavy atom. The molecule has 4 heteroatoms. The Bertz CT molecular complexity index is 286. The minimum absolute atomic E-state index is 0.824. The third-order valence-corrected chi connectivity index (χ3v) is 26.4. The summed E-state index contributed by atoms with van der Waals surface area (Å²) in [5.41, 5.74) is 1.48. The topological polar surface area (TPSA) is 0 Å². The van der Waals surface area contributed by atoms with Gasteiger partial charge in [-0.1, -0.05) is 0 Å². The molecular weight excluding hydrogens is 388 g/mol. The molecule has 0 atom stereocenters. The molecule has 0 aliphatic rings. The van der Waals surface area contributed by atoms with Crippen LogP contribution in [0, 0.1) is 0 Å². The molecule has 110 valence electrons. The summed E-state index contributed by atoms with van der Waals surface area (Å²) in [4.78, 5) is 0. The Kier molecular flexibility index (Phi) is 8.60. The first-order chi connectivity index (χ1) is 7.98. The summed E-state index contributed by atoms with van der Waals surface area (Å²) in [5.74, 6) is 0. The first kappa shape index (κ1) is 19.9. The zero-order valence-corrected chi connectivity index (χ0v) is 18.6. The molecule has 0 rings (SSSR count). The van der Waals surface area contributed by atoms with E-state index in [-0.39, 0.29) is 0 Å². The zero-order valence-electron chi connectivity index (χ0n) is 13.4. The second kappa shape index (κ2) is 7.78. The van der Waals surface area contributed by atoms with Crippen molar-refractivity contribution < 1.29 is 0 Å². The molecule has 0 unspecified atom stereocenters. The summed E-state index contributed by atoms with van der Waals surface area (Å²) in [6, 6.07) is 0. The number of hydrogen-bond donors (Lipinski definition) is 0. The second-order valence-electron chi connectivity index (χ2n) is 6.53. The Balaban J connectivity index is 5.03. The second-order valence-corrected chi connectivity index (χ2v) is 23.5. The molecule has 0 radical (unpaired) electrons. The van der Waals surface area contributed by atoms with E-state index in [9.17, 15) is 0 Å². The van der Waals surface area contributed by atoms with E-state index < -0.39 is 11.0 Å². The quantitative estimate of drug-likeness (QED) is 0.409. The molecule has 0 aliphatic heterocycles. The van der Waals surface area contributed by atoms with Crippen molar-refractivity contribution in [2.75, 3.05) is 12.3 Å². The monoisotopic (exact) mass is 422 g/mol. The number of rotatable bonds is 7. The van der Waals surface area contributed by atoms with Crippen LogP contribution in [0.15, 0.2) is 0 Å². The van der Waals surface area contributed by atoms with Gasteiger partial charge in [0.1, 0.15) is 0 Å². The fraction of sp³-hybridized carbons (Fsp3) is 1.00. The summed E-state index contributed by atoms with van der Waals surface area (Å²) < 4.78 is 0. The molecule has 0 N–H and O–H groups in total. The summed E-state index contributed by atoms with van der Waals surface area (Å²) >= 11 is 7.31. The maximum absolute atomic E-state index is 3.65. The third kappa shape index (κ3) is 4.72. The van der Waals surface area contributed by atoms with Crippen molar-refractivity contribution in [1.29, 1.82) is 0 Å². The van der Waals surface area contributed by atoms with Crippen LogP contribution in [-0.4, -0.2) is 65.2 Å². The van der Waals surface area contributed by atoms with Gasteiger partial charge in [0.2, 0.25) is 0 Å². The van der Waals surface area contributed by atoms with E-state index in [0.29, 0.717) is 0 Å².